The number of hydrogen-bond donors (Lipinski definition) is 4. The van der Waals surface area contributed by atoms with E-state index in [0.29, 0.717) is 6.42 Å². The number of carbonyl (C=O) groups excluding carboxylic acids is 1. The molecule has 0 aliphatic heterocycles. The molecule has 1 amide bonds. The van der Waals surface area contributed by atoms with Gasteiger partial charge < -0.3 is 20.6 Å². The van der Waals surface area contributed by atoms with Gasteiger partial charge in [0.1, 0.15) is 0 Å². The van der Waals surface area contributed by atoms with Gasteiger partial charge in [0.2, 0.25) is 5.91 Å². The third-order valence-corrected chi connectivity index (χ3v) is 15.4. The van der Waals surface area contributed by atoms with Crippen LogP contribution in [0.4, 0.5) is 0 Å². The summed E-state index contributed by atoms with van der Waals surface area (Å²) in [6, 6.07) is -0.767. The van der Waals surface area contributed by atoms with E-state index in [1.807, 2.05) is 6.08 Å². The largest absolute Gasteiger partial charge is 0.394 e. The van der Waals surface area contributed by atoms with Crippen molar-refractivity contribution >= 4 is 5.91 Å². The molecule has 5 nitrogen and oxygen atoms in total. The molecule has 0 heterocycles. The van der Waals surface area contributed by atoms with Crippen LogP contribution in [0.5, 0.6) is 0 Å². The van der Waals surface area contributed by atoms with Gasteiger partial charge in [0, 0.05) is 0 Å². The monoisotopic (exact) mass is 1010 g/mol. The van der Waals surface area contributed by atoms with Crippen molar-refractivity contribution in [2.45, 2.75) is 379 Å². The fraction of sp³-hybridized carbons (Fsp3) is 0.896. The van der Waals surface area contributed by atoms with E-state index in [4.69, 9.17) is 0 Å². The van der Waals surface area contributed by atoms with Crippen LogP contribution in [0.1, 0.15) is 361 Å². The second-order valence-corrected chi connectivity index (χ2v) is 22.7. The molecule has 3 unspecified atom stereocenters. The first-order valence-electron chi connectivity index (χ1n) is 32.8. The Bertz CT molecular complexity index is 1120. The van der Waals surface area contributed by atoms with Gasteiger partial charge in [-0.2, -0.15) is 0 Å². The standard InChI is InChI=1S/C67H129NO4/c1-3-5-7-9-11-13-15-17-19-21-23-25-26-27-28-29-30-31-32-33-34-35-36-37-38-39-40-41-42-44-46-48-50-52-54-56-58-60-64(70)62-67(72)68-65(63-69)66(71)61-59-57-55-53-51-49-47-45-43-24-22-20-18-16-14-12-10-8-6-4-2/h43,45,51,53,59,61,64-66,69-71H,3-42,44,46-50,52,54-58,60,62-63H2,1-2H3,(H,68,72)/b45-43+,53-51+,61-59+. The number of hydrogen-bond acceptors (Lipinski definition) is 4. The van der Waals surface area contributed by atoms with E-state index in [9.17, 15) is 20.1 Å². The maximum Gasteiger partial charge on any atom is 0.222 e. The Hall–Kier alpha value is -1.43. The molecular weight excluding hydrogens is 883 g/mol. The lowest BCUT2D eigenvalue weighted by atomic mass is 10.0. The van der Waals surface area contributed by atoms with E-state index < -0.39 is 18.2 Å². The molecule has 0 saturated heterocycles. The molecule has 0 aromatic rings. The average Bonchev–Trinajstić information content (AvgIpc) is 3.38. The first-order chi connectivity index (χ1) is 35.5. The van der Waals surface area contributed by atoms with Gasteiger partial charge in [-0.1, -0.05) is 346 Å². The maximum absolute atomic E-state index is 12.5. The van der Waals surface area contributed by atoms with Crippen LogP contribution in [0.15, 0.2) is 36.5 Å². The summed E-state index contributed by atoms with van der Waals surface area (Å²) in [5.41, 5.74) is 0. The summed E-state index contributed by atoms with van der Waals surface area (Å²) in [7, 11) is 0. The van der Waals surface area contributed by atoms with Crippen molar-refractivity contribution in [2.75, 3.05) is 6.61 Å². The zero-order valence-corrected chi connectivity index (χ0v) is 48.8. The first-order valence-corrected chi connectivity index (χ1v) is 32.8. The molecule has 0 spiro atoms. The number of amides is 1. The molecule has 0 bridgehead atoms. The Morgan fingerprint density at radius 1 is 0.347 bits per heavy atom. The highest BCUT2D eigenvalue weighted by molar-refractivity contribution is 5.76. The lowest BCUT2D eigenvalue weighted by molar-refractivity contribution is -0.124. The number of nitrogens with one attached hydrogen (secondary N) is 1. The highest BCUT2D eigenvalue weighted by atomic mass is 16.3. The Labute approximate surface area is 451 Å². The minimum atomic E-state index is -0.960. The molecule has 0 radical (unpaired) electrons. The van der Waals surface area contributed by atoms with Gasteiger partial charge in [-0.3, -0.25) is 4.79 Å². The van der Waals surface area contributed by atoms with E-state index in [-0.39, 0.29) is 18.9 Å². The number of aliphatic hydroxyl groups is 3. The van der Waals surface area contributed by atoms with Crippen molar-refractivity contribution < 1.29 is 20.1 Å². The van der Waals surface area contributed by atoms with Crippen molar-refractivity contribution in [2.24, 2.45) is 0 Å². The molecule has 0 aromatic heterocycles. The topological polar surface area (TPSA) is 89.8 Å². The van der Waals surface area contributed by atoms with Crippen molar-refractivity contribution in [3.8, 4) is 0 Å². The van der Waals surface area contributed by atoms with E-state index >= 15 is 0 Å². The van der Waals surface area contributed by atoms with Gasteiger partial charge in [0.25, 0.3) is 0 Å². The van der Waals surface area contributed by atoms with E-state index in [0.717, 1.165) is 38.5 Å². The van der Waals surface area contributed by atoms with Crippen LogP contribution in [0.2, 0.25) is 0 Å². The second-order valence-electron chi connectivity index (χ2n) is 22.7. The number of carbonyl (C=O) groups is 1. The summed E-state index contributed by atoms with van der Waals surface area (Å²) < 4.78 is 0. The van der Waals surface area contributed by atoms with Gasteiger partial charge in [-0.15, -0.1) is 0 Å². The van der Waals surface area contributed by atoms with E-state index in [1.165, 1.54) is 295 Å². The minimum absolute atomic E-state index is 0.00588. The number of rotatable bonds is 61. The maximum atomic E-state index is 12.5. The SMILES string of the molecule is CCCCCCCCCCCC/C=C/CC/C=C/CC/C=C/C(O)C(CO)NC(=O)CC(O)CCCCCCCCCCCCCCCCCCCCCCCCCCCCCCCCCCCCCCC. The van der Waals surface area contributed by atoms with Crippen LogP contribution in [0, 0.1) is 0 Å². The summed E-state index contributed by atoms with van der Waals surface area (Å²) in [4.78, 5) is 12.5. The van der Waals surface area contributed by atoms with Crippen molar-refractivity contribution in [1.82, 2.24) is 5.32 Å². The van der Waals surface area contributed by atoms with Crippen molar-refractivity contribution in [3.05, 3.63) is 36.5 Å². The fourth-order valence-corrected chi connectivity index (χ4v) is 10.4. The van der Waals surface area contributed by atoms with Crippen LogP contribution < -0.4 is 5.32 Å². The number of aliphatic hydroxyl groups excluding tert-OH is 3. The van der Waals surface area contributed by atoms with Crippen LogP contribution in [0.25, 0.3) is 0 Å². The second kappa shape index (κ2) is 62.1. The summed E-state index contributed by atoms with van der Waals surface area (Å²) in [6.45, 7) is 4.24. The van der Waals surface area contributed by atoms with Gasteiger partial charge >= 0.3 is 0 Å². The van der Waals surface area contributed by atoms with E-state index in [1.54, 1.807) is 6.08 Å². The molecule has 4 N–H and O–H groups in total. The van der Waals surface area contributed by atoms with Gasteiger partial charge in [-0.25, -0.2) is 0 Å². The molecule has 3 atom stereocenters. The highest BCUT2D eigenvalue weighted by Gasteiger charge is 2.20. The van der Waals surface area contributed by atoms with Crippen LogP contribution in [-0.2, 0) is 4.79 Å². The average molecular weight is 1010 g/mol. The number of allylic oxidation sites excluding steroid dienone is 5. The smallest absolute Gasteiger partial charge is 0.222 e. The molecule has 0 aromatic carbocycles. The number of unbranched alkanes of at least 4 members (excludes halogenated alkanes) is 48. The molecule has 0 saturated carbocycles. The molecular formula is C67H129NO4. The molecule has 426 valence electrons. The normalized spacial score (nSPS) is 13.3. The fourth-order valence-electron chi connectivity index (χ4n) is 10.4. The third kappa shape index (κ3) is 57.8. The quantitative estimate of drug-likeness (QED) is 0.0361. The summed E-state index contributed by atoms with van der Waals surface area (Å²) in [5.74, 6) is -0.323. The van der Waals surface area contributed by atoms with Crippen molar-refractivity contribution in [1.29, 1.82) is 0 Å². The van der Waals surface area contributed by atoms with Gasteiger partial charge in [0.05, 0.1) is 31.3 Å². The van der Waals surface area contributed by atoms with Crippen molar-refractivity contribution in [3.63, 3.8) is 0 Å². The molecule has 5 heteroatoms. The zero-order chi connectivity index (χ0) is 52.2. The Kier molecular flexibility index (Phi) is 60.9. The van der Waals surface area contributed by atoms with Crippen LogP contribution in [-0.4, -0.2) is 46.1 Å². The van der Waals surface area contributed by atoms with Crippen LogP contribution >= 0.6 is 0 Å². The first kappa shape index (κ1) is 70.6. The lowest BCUT2D eigenvalue weighted by Gasteiger charge is -2.21. The van der Waals surface area contributed by atoms with Gasteiger partial charge in [-0.05, 0) is 44.9 Å². The van der Waals surface area contributed by atoms with E-state index in [2.05, 4.69) is 43.5 Å². The molecule has 0 fully saturated rings. The third-order valence-electron chi connectivity index (χ3n) is 15.4. The molecule has 0 aliphatic carbocycles. The Balaban J connectivity index is 3.48. The predicted octanol–water partition coefficient (Wildman–Crippen LogP) is 21.0. The van der Waals surface area contributed by atoms with Gasteiger partial charge in [0.15, 0.2) is 0 Å². The summed E-state index contributed by atoms with van der Waals surface area (Å²) in [5, 5.41) is 33.5. The van der Waals surface area contributed by atoms with Crippen LogP contribution in [0.3, 0.4) is 0 Å². The summed E-state index contributed by atoms with van der Waals surface area (Å²) >= 11 is 0. The summed E-state index contributed by atoms with van der Waals surface area (Å²) in [6.07, 6.45) is 82.5. The predicted molar refractivity (Wildman–Crippen MR) is 319 cm³/mol. The molecule has 72 heavy (non-hydrogen) atoms. The Morgan fingerprint density at radius 2 is 0.597 bits per heavy atom. The molecule has 0 rings (SSSR count). The highest BCUT2D eigenvalue weighted by Crippen LogP contribution is 2.19. The molecule has 0 aliphatic rings. The Morgan fingerprint density at radius 3 is 0.889 bits per heavy atom. The zero-order valence-electron chi connectivity index (χ0n) is 48.8. The lowest BCUT2D eigenvalue weighted by Crippen LogP contribution is -2.45. The minimum Gasteiger partial charge on any atom is -0.394 e.